The summed E-state index contributed by atoms with van der Waals surface area (Å²) >= 11 is 0. The number of aromatic carboxylic acids is 1. The molecule has 0 aliphatic heterocycles. The molecule has 3 nitrogen and oxygen atoms in total. The molecule has 0 radical (unpaired) electrons. The number of phenolic OH excluding ortho intramolecular Hbond substituents is 1. The van der Waals surface area contributed by atoms with E-state index in [1.807, 2.05) is 19.1 Å². The summed E-state index contributed by atoms with van der Waals surface area (Å²) in [6.45, 7) is 1.88. The van der Waals surface area contributed by atoms with Gasteiger partial charge in [0.25, 0.3) is 0 Å². The first-order valence-corrected chi connectivity index (χ1v) is 5.20. The van der Waals surface area contributed by atoms with Crippen LogP contribution in [0.1, 0.15) is 15.9 Å². The predicted octanol–water partition coefficient (Wildman–Crippen LogP) is 3.07. The van der Waals surface area contributed by atoms with Crippen molar-refractivity contribution < 1.29 is 15.0 Å². The first kappa shape index (κ1) is 11.2. The molecule has 2 rings (SSSR count). The van der Waals surface area contributed by atoms with Gasteiger partial charge in [0, 0.05) is 0 Å². The van der Waals surface area contributed by atoms with Crippen molar-refractivity contribution in [2.24, 2.45) is 0 Å². The second-order valence-corrected chi connectivity index (χ2v) is 3.94. The third kappa shape index (κ3) is 2.45. The fourth-order valence-corrected chi connectivity index (χ4v) is 1.76. The molecule has 0 amide bonds. The normalized spacial score (nSPS) is 10.2. The van der Waals surface area contributed by atoms with Crippen LogP contribution < -0.4 is 0 Å². The van der Waals surface area contributed by atoms with Crippen LogP contribution in [0.3, 0.4) is 0 Å². The molecule has 0 aliphatic carbocycles. The molecule has 3 heteroatoms. The SMILES string of the molecule is Cc1cc(O)cc(-c2cccc(C(=O)O)c2)c1. The first-order chi connectivity index (χ1) is 8.06. The maximum absolute atomic E-state index is 10.9. The van der Waals surface area contributed by atoms with E-state index in [0.717, 1.165) is 16.7 Å². The average molecular weight is 228 g/mol. The molecule has 0 aliphatic rings. The lowest BCUT2D eigenvalue weighted by molar-refractivity contribution is 0.0697. The number of carbonyl (C=O) groups is 1. The van der Waals surface area contributed by atoms with E-state index in [9.17, 15) is 9.90 Å². The topological polar surface area (TPSA) is 57.5 Å². The molecule has 0 spiro atoms. The minimum Gasteiger partial charge on any atom is -0.508 e. The molecule has 0 atom stereocenters. The number of carboxylic acid groups (broad SMARTS) is 1. The number of aryl methyl sites for hydroxylation is 1. The van der Waals surface area contributed by atoms with Gasteiger partial charge in [0.05, 0.1) is 5.56 Å². The Balaban J connectivity index is 2.52. The quantitative estimate of drug-likeness (QED) is 0.830. The van der Waals surface area contributed by atoms with Gasteiger partial charge in [0.2, 0.25) is 0 Å². The molecule has 17 heavy (non-hydrogen) atoms. The number of carboxylic acids is 1. The van der Waals surface area contributed by atoms with Gasteiger partial charge in [-0.2, -0.15) is 0 Å². The maximum Gasteiger partial charge on any atom is 0.335 e. The van der Waals surface area contributed by atoms with Gasteiger partial charge in [-0.1, -0.05) is 18.2 Å². The van der Waals surface area contributed by atoms with Crippen LogP contribution in [0.5, 0.6) is 5.75 Å². The van der Waals surface area contributed by atoms with E-state index in [0.29, 0.717) is 0 Å². The van der Waals surface area contributed by atoms with Gasteiger partial charge in [-0.3, -0.25) is 0 Å². The Morgan fingerprint density at radius 1 is 1.06 bits per heavy atom. The Morgan fingerprint density at radius 3 is 2.47 bits per heavy atom. The van der Waals surface area contributed by atoms with Crippen LogP contribution in [0.25, 0.3) is 11.1 Å². The number of hydrogen-bond acceptors (Lipinski definition) is 2. The van der Waals surface area contributed by atoms with E-state index in [2.05, 4.69) is 0 Å². The summed E-state index contributed by atoms with van der Waals surface area (Å²) in [5, 5.41) is 18.4. The van der Waals surface area contributed by atoms with Crippen molar-refractivity contribution >= 4 is 5.97 Å². The zero-order chi connectivity index (χ0) is 12.4. The van der Waals surface area contributed by atoms with E-state index >= 15 is 0 Å². The standard InChI is InChI=1S/C14H12O3/c1-9-5-12(8-13(15)6-9)10-3-2-4-11(7-10)14(16)17/h2-8,15H,1H3,(H,16,17). The van der Waals surface area contributed by atoms with E-state index in [1.54, 1.807) is 30.3 Å². The van der Waals surface area contributed by atoms with Crippen molar-refractivity contribution in [3.05, 3.63) is 53.6 Å². The molecule has 0 fully saturated rings. The van der Waals surface area contributed by atoms with Crippen LogP contribution in [0.4, 0.5) is 0 Å². The highest BCUT2D eigenvalue weighted by Crippen LogP contribution is 2.25. The summed E-state index contributed by atoms with van der Waals surface area (Å²) in [6, 6.07) is 11.8. The molecular formula is C14H12O3. The third-order valence-electron chi connectivity index (χ3n) is 2.50. The van der Waals surface area contributed by atoms with Crippen molar-refractivity contribution in [3.63, 3.8) is 0 Å². The Bertz CT molecular complexity index is 553. The van der Waals surface area contributed by atoms with Crippen LogP contribution >= 0.6 is 0 Å². The summed E-state index contributed by atoms with van der Waals surface area (Å²) in [5.41, 5.74) is 2.76. The minimum atomic E-state index is -0.955. The van der Waals surface area contributed by atoms with Gasteiger partial charge < -0.3 is 10.2 Å². The maximum atomic E-state index is 10.9. The lowest BCUT2D eigenvalue weighted by Gasteiger charge is -2.05. The monoisotopic (exact) mass is 228 g/mol. The Morgan fingerprint density at radius 2 is 1.82 bits per heavy atom. The van der Waals surface area contributed by atoms with Crippen molar-refractivity contribution in [1.29, 1.82) is 0 Å². The number of hydrogen-bond donors (Lipinski definition) is 2. The molecular weight excluding hydrogens is 216 g/mol. The van der Waals surface area contributed by atoms with Crippen LogP contribution in [0, 0.1) is 6.92 Å². The lowest BCUT2D eigenvalue weighted by Crippen LogP contribution is -1.95. The van der Waals surface area contributed by atoms with E-state index < -0.39 is 5.97 Å². The molecule has 0 saturated carbocycles. The zero-order valence-corrected chi connectivity index (χ0v) is 9.34. The molecule has 86 valence electrons. The second-order valence-electron chi connectivity index (χ2n) is 3.94. The Kier molecular flexibility index (Phi) is 2.83. The fraction of sp³-hybridized carbons (Fsp3) is 0.0714. The van der Waals surface area contributed by atoms with Gasteiger partial charge >= 0.3 is 5.97 Å². The lowest BCUT2D eigenvalue weighted by atomic mass is 10.0. The molecule has 0 bridgehead atoms. The smallest absolute Gasteiger partial charge is 0.335 e. The highest BCUT2D eigenvalue weighted by Gasteiger charge is 2.05. The summed E-state index contributed by atoms with van der Waals surface area (Å²) in [6.07, 6.45) is 0. The van der Waals surface area contributed by atoms with Crippen molar-refractivity contribution in [2.75, 3.05) is 0 Å². The van der Waals surface area contributed by atoms with Crippen LogP contribution in [0.2, 0.25) is 0 Å². The number of benzene rings is 2. The van der Waals surface area contributed by atoms with Gasteiger partial charge in [-0.25, -0.2) is 4.79 Å². The Labute approximate surface area is 99.0 Å². The number of phenols is 1. The second kappa shape index (κ2) is 4.29. The predicted molar refractivity (Wildman–Crippen MR) is 65.2 cm³/mol. The van der Waals surface area contributed by atoms with Gasteiger partial charge in [0.15, 0.2) is 0 Å². The Hall–Kier alpha value is -2.29. The van der Waals surface area contributed by atoms with Crippen LogP contribution in [-0.2, 0) is 0 Å². The number of aromatic hydroxyl groups is 1. The van der Waals surface area contributed by atoms with Crippen molar-refractivity contribution in [1.82, 2.24) is 0 Å². The largest absolute Gasteiger partial charge is 0.508 e. The molecule has 2 aromatic rings. The summed E-state index contributed by atoms with van der Waals surface area (Å²) in [7, 11) is 0. The van der Waals surface area contributed by atoms with Crippen LogP contribution in [-0.4, -0.2) is 16.2 Å². The minimum absolute atomic E-state index is 0.181. The summed E-state index contributed by atoms with van der Waals surface area (Å²) < 4.78 is 0. The molecule has 0 aromatic heterocycles. The first-order valence-electron chi connectivity index (χ1n) is 5.20. The fourth-order valence-electron chi connectivity index (χ4n) is 1.76. The van der Waals surface area contributed by atoms with Gasteiger partial charge in [0.1, 0.15) is 5.75 Å². The summed E-state index contributed by atoms with van der Waals surface area (Å²) in [4.78, 5) is 10.9. The molecule has 0 unspecified atom stereocenters. The zero-order valence-electron chi connectivity index (χ0n) is 9.34. The summed E-state index contributed by atoms with van der Waals surface area (Å²) in [5.74, 6) is -0.774. The van der Waals surface area contributed by atoms with E-state index in [1.165, 1.54) is 0 Å². The molecule has 0 saturated heterocycles. The van der Waals surface area contributed by atoms with Gasteiger partial charge in [-0.15, -0.1) is 0 Å². The molecule has 2 N–H and O–H groups in total. The third-order valence-corrected chi connectivity index (χ3v) is 2.50. The molecule has 0 heterocycles. The van der Waals surface area contributed by atoms with Gasteiger partial charge in [-0.05, 0) is 47.9 Å². The highest BCUT2D eigenvalue weighted by atomic mass is 16.4. The van der Waals surface area contributed by atoms with Crippen molar-refractivity contribution in [2.45, 2.75) is 6.92 Å². The number of rotatable bonds is 2. The molecule has 2 aromatic carbocycles. The van der Waals surface area contributed by atoms with E-state index in [-0.39, 0.29) is 11.3 Å². The van der Waals surface area contributed by atoms with E-state index in [4.69, 9.17) is 5.11 Å². The highest BCUT2D eigenvalue weighted by molar-refractivity contribution is 5.89. The van der Waals surface area contributed by atoms with Crippen molar-refractivity contribution in [3.8, 4) is 16.9 Å². The van der Waals surface area contributed by atoms with Crippen LogP contribution in [0.15, 0.2) is 42.5 Å². The average Bonchev–Trinajstić information content (AvgIpc) is 2.28.